The van der Waals surface area contributed by atoms with Crippen LogP contribution in [0, 0.1) is 17.3 Å². The van der Waals surface area contributed by atoms with E-state index in [1.54, 1.807) is 52.1 Å². The number of ether oxygens (including phenoxy) is 1. The smallest absolute Gasteiger partial charge is 0.407 e. The average molecular weight is 490 g/mol. The molecule has 1 aromatic carbocycles. The largest absolute Gasteiger partial charge is 0.444 e. The Bertz CT molecular complexity index is 1520. The molecular formula is C26H28N6O4. The Kier molecular flexibility index (Phi) is 6.16. The summed E-state index contributed by atoms with van der Waals surface area (Å²) in [6.07, 6.45) is -0.566. The van der Waals surface area contributed by atoms with E-state index in [4.69, 9.17) is 11.5 Å². The zero-order valence-electron chi connectivity index (χ0n) is 21.5. The number of alkyl carbamates (subject to hydrolysis) is 1. The molecule has 0 radical (unpaired) electrons. The van der Waals surface area contributed by atoms with Crippen LogP contribution in [0.3, 0.4) is 0 Å². The molecular weight excluding hydrogens is 460 g/mol. The molecule has 2 amide bonds. The summed E-state index contributed by atoms with van der Waals surface area (Å²) in [4.78, 5) is 37.2. The number of carbonyl (C=O) groups excluding carboxylic acids is 2. The third kappa shape index (κ3) is 5.37. The van der Waals surface area contributed by atoms with Crippen LogP contribution >= 0.6 is 0 Å². The molecule has 10 heteroatoms. The molecule has 1 aliphatic heterocycles. The second kappa shape index (κ2) is 9.43. The molecule has 0 unspecified atom stereocenters. The molecule has 0 bridgehead atoms. The minimum atomic E-state index is -1.71. The molecule has 4 N–H and O–H groups in total. The van der Waals surface area contributed by atoms with Gasteiger partial charge in [0.1, 0.15) is 12.5 Å². The first kappa shape index (κ1) is 23.5. The maximum Gasteiger partial charge on any atom is 0.407 e. The maximum absolute atomic E-state index is 12.2. The van der Waals surface area contributed by atoms with Gasteiger partial charge in [-0.05, 0) is 44.5 Å². The summed E-state index contributed by atoms with van der Waals surface area (Å²) in [5.74, 6) is 5.18. The van der Waals surface area contributed by atoms with Crippen molar-refractivity contribution in [3.8, 4) is 23.1 Å². The Balaban J connectivity index is 1.71. The van der Waals surface area contributed by atoms with Crippen LogP contribution in [0.5, 0.6) is 0 Å². The molecule has 2 aromatic heterocycles. The Morgan fingerprint density at radius 2 is 2.19 bits per heavy atom. The van der Waals surface area contributed by atoms with E-state index >= 15 is 0 Å². The average Bonchev–Trinajstić information content (AvgIpc) is 3.08. The molecule has 0 spiro atoms. The number of aromatic amines is 1. The van der Waals surface area contributed by atoms with Crippen molar-refractivity contribution in [1.82, 2.24) is 25.2 Å². The number of carbonyl (C=O) groups is 2. The lowest BCUT2D eigenvalue weighted by Crippen LogP contribution is -2.37. The van der Waals surface area contributed by atoms with Gasteiger partial charge in [-0.3, -0.25) is 10.2 Å². The highest BCUT2D eigenvalue weighted by atomic mass is 16.6. The van der Waals surface area contributed by atoms with Crippen molar-refractivity contribution in [2.45, 2.75) is 44.9 Å². The quantitative estimate of drug-likeness (QED) is 0.415. The second-order valence-corrected chi connectivity index (χ2v) is 9.61. The maximum atomic E-state index is 12.2. The number of nitrogens with zero attached hydrogens (tertiary/aromatic N) is 3. The number of nitrogens with one attached hydrogen (secondary N) is 3. The van der Waals surface area contributed by atoms with Gasteiger partial charge in [0.2, 0.25) is 5.60 Å². The van der Waals surface area contributed by atoms with Crippen LogP contribution in [0.1, 0.15) is 39.7 Å². The molecule has 4 rings (SSSR count). The highest BCUT2D eigenvalue weighted by molar-refractivity contribution is 5.90. The van der Waals surface area contributed by atoms with E-state index in [0.717, 1.165) is 0 Å². The summed E-state index contributed by atoms with van der Waals surface area (Å²) in [5.41, 5.74) is 0.413. The van der Waals surface area contributed by atoms with Crippen LogP contribution in [0.25, 0.3) is 22.3 Å². The van der Waals surface area contributed by atoms with E-state index in [1.807, 2.05) is 6.07 Å². The number of H-pyrrole nitrogens is 1. The number of likely N-dealkylation sites (N-methyl/N-ethyl adjacent to an activating group) is 1. The Hall–Kier alpha value is -4.23. The molecule has 1 aliphatic rings. The molecule has 3 heterocycles. The van der Waals surface area contributed by atoms with Crippen molar-refractivity contribution in [3.05, 3.63) is 53.2 Å². The lowest BCUT2D eigenvalue weighted by Gasteiger charge is -2.20. The summed E-state index contributed by atoms with van der Waals surface area (Å²) in [7, 11) is 1.62. The van der Waals surface area contributed by atoms with Crippen molar-refractivity contribution in [2.24, 2.45) is 0 Å². The molecule has 0 saturated carbocycles. The Morgan fingerprint density at radius 3 is 2.89 bits per heavy atom. The highest BCUT2D eigenvalue weighted by Crippen LogP contribution is 2.24. The fraction of sp³-hybridized carbons (Fsp3) is 0.346. The van der Waals surface area contributed by atoms with Gasteiger partial charge >= 0.3 is 6.09 Å². The predicted molar refractivity (Wildman–Crippen MR) is 132 cm³/mol. The lowest BCUT2D eigenvalue weighted by atomic mass is 10.0. The minimum Gasteiger partial charge on any atom is -0.444 e. The number of hydrogen-bond donors (Lipinski definition) is 4. The molecule has 10 nitrogen and oxygen atoms in total. The predicted octanol–water partition coefficient (Wildman–Crippen LogP) is 2.07. The number of rotatable bonds is 3. The first-order valence-corrected chi connectivity index (χ1v) is 11.4. The normalized spacial score (nSPS) is 18.0. The Labute approximate surface area is 209 Å². The first-order chi connectivity index (χ1) is 17.3. The van der Waals surface area contributed by atoms with Crippen molar-refractivity contribution in [2.75, 3.05) is 13.6 Å². The first-order valence-electron chi connectivity index (χ1n) is 11.9. The van der Waals surface area contributed by atoms with Gasteiger partial charge in [0.15, 0.2) is 5.49 Å². The molecule has 1 saturated heterocycles. The standard InChI is InChI=1S/C26H28N6O4/c1-25(2,3)36-24(34)28-14-18-13-19(31-21-20(18)29-15-30-22(21)27)17-7-5-6-16(12-17)8-9-26(35)10-11-32(4)23(26)33/h5-7,12-13,15,35H,10-11,14H2,1-4H3,(H,28,34)(H2,27,29,30)/t26-/m0/s1/i15D. The molecule has 1 fully saturated rings. The number of benzene rings is 1. The van der Waals surface area contributed by atoms with E-state index in [1.165, 1.54) is 4.90 Å². The van der Waals surface area contributed by atoms with Crippen molar-refractivity contribution in [1.29, 1.82) is 5.41 Å². The van der Waals surface area contributed by atoms with Gasteiger partial charge in [-0.15, -0.1) is 0 Å². The third-order valence-electron chi connectivity index (χ3n) is 5.58. The van der Waals surface area contributed by atoms with Gasteiger partial charge in [-0.25, -0.2) is 14.8 Å². The number of aromatic nitrogens is 3. The van der Waals surface area contributed by atoms with Crippen molar-refractivity contribution >= 4 is 23.0 Å². The molecule has 0 aliphatic carbocycles. The van der Waals surface area contributed by atoms with E-state index in [2.05, 4.69) is 32.1 Å². The fourth-order valence-corrected chi connectivity index (χ4v) is 3.77. The minimum absolute atomic E-state index is 0.0580. The summed E-state index contributed by atoms with van der Waals surface area (Å²) in [6.45, 7) is 5.79. The van der Waals surface area contributed by atoms with Crippen LogP contribution < -0.4 is 10.8 Å². The number of hydrogen-bond acceptors (Lipinski definition) is 7. The number of likely N-dealkylation sites (tertiary alicyclic amines) is 1. The third-order valence-corrected chi connectivity index (χ3v) is 5.58. The number of amides is 2. The van der Waals surface area contributed by atoms with Crippen LogP contribution in [-0.2, 0) is 16.1 Å². The number of fused-ring (bicyclic) bond motifs is 1. The van der Waals surface area contributed by atoms with E-state index in [0.29, 0.717) is 34.4 Å². The van der Waals surface area contributed by atoms with E-state index in [9.17, 15) is 14.7 Å². The summed E-state index contributed by atoms with van der Waals surface area (Å²) in [6, 6.07) is 8.85. The zero-order chi connectivity index (χ0) is 27.0. The zero-order valence-corrected chi connectivity index (χ0v) is 20.5. The number of aliphatic hydroxyl groups is 1. The van der Waals surface area contributed by atoms with Gasteiger partial charge in [0.25, 0.3) is 5.91 Å². The summed E-state index contributed by atoms with van der Waals surface area (Å²) >= 11 is 0. The van der Waals surface area contributed by atoms with E-state index in [-0.39, 0.29) is 30.3 Å². The monoisotopic (exact) mass is 489 g/mol. The summed E-state index contributed by atoms with van der Waals surface area (Å²) in [5, 5.41) is 21.5. The molecule has 1 atom stereocenters. The van der Waals surface area contributed by atoms with Crippen LogP contribution in [0.4, 0.5) is 4.79 Å². The van der Waals surface area contributed by atoms with Crippen molar-refractivity contribution in [3.63, 3.8) is 0 Å². The molecule has 36 heavy (non-hydrogen) atoms. The Morgan fingerprint density at radius 1 is 1.42 bits per heavy atom. The number of pyridine rings is 1. The van der Waals surface area contributed by atoms with Crippen LogP contribution in [-0.4, -0.2) is 61.8 Å². The van der Waals surface area contributed by atoms with Gasteiger partial charge in [-0.1, -0.05) is 24.0 Å². The highest BCUT2D eigenvalue weighted by Gasteiger charge is 2.42. The summed E-state index contributed by atoms with van der Waals surface area (Å²) < 4.78 is 13.2. The molecule has 186 valence electrons. The van der Waals surface area contributed by atoms with Gasteiger partial charge in [-0.2, -0.15) is 0 Å². The van der Waals surface area contributed by atoms with Gasteiger partial charge in [0.05, 0.1) is 17.5 Å². The van der Waals surface area contributed by atoms with Crippen LogP contribution in [0.2, 0.25) is 0 Å². The van der Waals surface area contributed by atoms with Gasteiger partial charge in [0, 0.05) is 37.7 Å². The lowest BCUT2D eigenvalue weighted by molar-refractivity contribution is -0.137. The topological polar surface area (TPSA) is 144 Å². The van der Waals surface area contributed by atoms with Crippen molar-refractivity contribution < 1.29 is 20.8 Å². The van der Waals surface area contributed by atoms with E-state index < -0.39 is 23.2 Å². The fourth-order valence-electron chi connectivity index (χ4n) is 3.77. The SMILES string of the molecule is [2H]c1nc(=N)c2nc(-c3cccc(C#C[C@]4(O)CCN(C)C4=O)c3)cc(CNC(=O)OC(C)(C)C)c2[nH]1. The van der Waals surface area contributed by atoms with Gasteiger partial charge < -0.3 is 25.0 Å². The molecule has 3 aromatic rings. The second-order valence-electron chi connectivity index (χ2n) is 9.61. The van der Waals surface area contributed by atoms with Crippen LogP contribution in [0.15, 0.2) is 36.6 Å².